The van der Waals surface area contributed by atoms with Gasteiger partial charge in [0.25, 0.3) is 5.56 Å². The molecule has 7 heteroatoms. The molecule has 3 rings (SSSR count). The Bertz CT molecular complexity index is 1160. The number of nitrogens with one attached hydrogen (secondary N) is 1. The fourth-order valence-corrected chi connectivity index (χ4v) is 3.47. The minimum Gasteiger partial charge on any atom is -0.350 e. The molecule has 1 atom stereocenters. The summed E-state index contributed by atoms with van der Waals surface area (Å²) < 4.78 is 15.6. The lowest BCUT2D eigenvalue weighted by molar-refractivity contribution is -0.124. The summed E-state index contributed by atoms with van der Waals surface area (Å²) in [6, 6.07) is 10.3. The van der Waals surface area contributed by atoms with Crippen LogP contribution in [0.3, 0.4) is 0 Å². The molecule has 0 saturated heterocycles. The lowest BCUT2D eigenvalue weighted by Gasteiger charge is -2.21. The third kappa shape index (κ3) is 3.99. The number of nitrogens with zero attached hydrogens (tertiary/aromatic N) is 2. The summed E-state index contributed by atoms with van der Waals surface area (Å²) in [6.07, 6.45) is 0.375. The number of amides is 1. The number of rotatable bonds is 6. The topological polar surface area (TPSA) is 73.1 Å². The number of aromatic nitrogens is 2. The van der Waals surface area contributed by atoms with E-state index in [2.05, 4.69) is 5.32 Å². The molecule has 0 aliphatic carbocycles. The molecule has 0 aliphatic heterocycles. The van der Waals surface area contributed by atoms with Crippen molar-refractivity contribution in [1.29, 1.82) is 0 Å². The van der Waals surface area contributed by atoms with Gasteiger partial charge in [-0.05, 0) is 50.1 Å². The van der Waals surface area contributed by atoms with Crippen LogP contribution < -0.4 is 16.6 Å². The molecule has 1 heterocycles. The third-order valence-corrected chi connectivity index (χ3v) is 5.02. The summed E-state index contributed by atoms with van der Waals surface area (Å²) in [5.74, 6) is -0.677. The molecule has 0 saturated carbocycles. The second kappa shape index (κ2) is 8.43. The predicted octanol–water partition coefficient (Wildman–Crippen LogP) is 2.90. The third-order valence-electron chi connectivity index (χ3n) is 5.02. The molecule has 0 radical (unpaired) electrons. The molecule has 3 aromatic rings. The molecule has 0 aliphatic rings. The fraction of sp³-hybridized carbons (Fsp3) is 0.318. The van der Waals surface area contributed by atoms with Gasteiger partial charge in [-0.2, -0.15) is 0 Å². The van der Waals surface area contributed by atoms with Crippen LogP contribution in [0, 0.1) is 12.7 Å². The molecule has 0 unspecified atom stereocenters. The Balaban J connectivity index is 2.04. The SMILES string of the molecule is CC[C@@H](C(=O)NCc1ccc(F)cc1)n1c(=O)n(CC)c(=O)c2cc(C)ccc21. The van der Waals surface area contributed by atoms with Crippen LogP contribution in [-0.2, 0) is 17.9 Å². The van der Waals surface area contributed by atoms with E-state index in [1.165, 1.54) is 16.7 Å². The van der Waals surface area contributed by atoms with Crippen molar-refractivity contribution in [2.75, 3.05) is 0 Å². The van der Waals surface area contributed by atoms with Crippen molar-refractivity contribution in [1.82, 2.24) is 14.5 Å². The van der Waals surface area contributed by atoms with Gasteiger partial charge >= 0.3 is 5.69 Å². The molecule has 6 nitrogen and oxygen atoms in total. The summed E-state index contributed by atoms with van der Waals surface area (Å²) in [4.78, 5) is 38.7. The molecule has 29 heavy (non-hydrogen) atoms. The van der Waals surface area contributed by atoms with Crippen LogP contribution in [0.4, 0.5) is 4.39 Å². The normalized spacial score (nSPS) is 12.1. The summed E-state index contributed by atoms with van der Waals surface area (Å²) in [5.41, 5.74) is 1.24. The number of hydrogen-bond acceptors (Lipinski definition) is 3. The van der Waals surface area contributed by atoms with Crippen LogP contribution in [0.25, 0.3) is 10.9 Å². The minimum absolute atomic E-state index is 0.217. The van der Waals surface area contributed by atoms with Crippen molar-refractivity contribution in [2.24, 2.45) is 0 Å². The van der Waals surface area contributed by atoms with Gasteiger partial charge in [0, 0.05) is 13.1 Å². The maximum absolute atomic E-state index is 13.1. The number of fused-ring (bicyclic) bond motifs is 1. The maximum atomic E-state index is 13.1. The van der Waals surface area contributed by atoms with Gasteiger partial charge in [-0.25, -0.2) is 9.18 Å². The summed E-state index contributed by atoms with van der Waals surface area (Å²) in [5, 5.41) is 3.23. The second-order valence-corrected chi connectivity index (χ2v) is 6.99. The highest BCUT2D eigenvalue weighted by Crippen LogP contribution is 2.18. The molecule has 152 valence electrons. The molecule has 0 fully saturated rings. The van der Waals surface area contributed by atoms with Crippen LogP contribution >= 0.6 is 0 Å². The van der Waals surface area contributed by atoms with Crippen molar-refractivity contribution in [3.8, 4) is 0 Å². The maximum Gasteiger partial charge on any atom is 0.332 e. The number of benzene rings is 2. The summed E-state index contributed by atoms with van der Waals surface area (Å²) in [7, 11) is 0. The van der Waals surface area contributed by atoms with E-state index in [1.807, 2.05) is 19.9 Å². The van der Waals surface area contributed by atoms with Gasteiger partial charge in [0.1, 0.15) is 11.9 Å². The molecule has 2 aromatic carbocycles. The van der Waals surface area contributed by atoms with Gasteiger partial charge in [0.05, 0.1) is 10.9 Å². The van der Waals surface area contributed by atoms with Crippen LogP contribution in [0.5, 0.6) is 0 Å². The van der Waals surface area contributed by atoms with Crippen molar-refractivity contribution >= 4 is 16.8 Å². The zero-order chi connectivity index (χ0) is 21.1. The second-order valence-electron chi connectivity index (χ2n) is 6.99. The van der Waals surface area contributed by atoms with E-state index >= 15 is 0 Å². The predicted molar refractivity (Wildman–Crippen MR) is 110 cm³/mol. The first-order valence-corrected chi connectivity index (χ1v) is 9.65. The summed E-state index contributed by atoms with van der Waals surface area (Å²) >= 11 is 0. The largest absolute Gasteiger partial charge is 0.350 e. The summed E-state index contributed by atoms with van der Waals surface area (Å²) in [6.45, 7) is 5.85. The first-order chi connectivity index (χ1) is 13.9. The van der Waals surface area contributed by atoms with Gasteiger partial charge in [-0.1, -0.05) is 30.7 Å². The Hall–Kier alpha value is -3.22. The van der Waals surface area contributed by atoms with E-state index in [1.54, 1.807) is 31.2 Å². The minimum atomic E-state index is -0.772. The number of carbonyl (C=O) groups is 1. The Kier molecular flexibility index (Phi) is 5.96. The van der Waals surface area contributed by atoms with Crippen LogP contribution in [0.1, 0.15) is 37.4 Å². The Labute approximate surface area is 167 Å². The standard InChI is InChI=1S/C22H24FN3O3/c1-4-18(20(27)24-13-15-7-9-16(23)10-8-15)26-19-11-6-14(3)12-17(19)21(28)25(5-2)22(26)29/h6-12,18H,4-5,13H2,1-3H3,(H,24,27)/t18-/m0/s1. The Morgan fingerprint density at radius 1 is 1.10 bits per heavy atom. The lowest BCUT2D eigenvalue weighted by atomic mass is 10.1. The van der Waals surface area contributed by atoms with E-state index in [0.717, 1.165) is 15.7 Å². The fourth-order valence-electron chi connectivity index (χ4n) is 3.47. The molecular weight excluding hydrogens is 373 g/mol. The smallest absolute Gasteiger partial charge is 0.332 e. The molecule has 1 aromatic heterocycles. The average molecular weight is 397 g/mol. The lowest BCUT2D eigenvalue weighted by Crippen LogP contribution is -2.44. The highest BCUT2D eigenvalue weighted by molar-refractivity contribution is 5.84. The zero-order valence-electron chi connectivity index (χ0n) is 16.7. The van der Waals surface area contributed by atoms with Crippen molar-refractivity contribution in [3.63, 3.8) is 0 Å². The monoisotopic (exact) mass is 397 g/mol. The number of hydrogen-bond donors (Lipinski definition) is 1. The highest BCUT2D eigenvalue weighted by atomic mass is 19.1. The first-order valence-electron chi connectivity index (χ1n) is 9.65. The highest BCUT2D eigenvalue weighted by Gasteiger charge is 2.24. The van der Waals surface area contributed by atoms with E-state index in [-0.39, 0.29) is 30.4 Å². The van der Waals surface area contributed by atoms with Crippen LogP contribution in [-0.4, -0.2) is 15.0 Å². The van der Waals surface area contributed by atoms with Crippen molar-refractivity contribution in [2.45, 2.75) is 46.3 Å². The molecule has 1 N–H and O–H groups in total. The van der Waals surface area contributed by atoms with E-state index in [4.69, 9.17) is 0 Å². The molecule has 0 bridgehead atoms. The number of aryl methyl sites for hydroxylation is 1. The zero-order valence-corrected chi connectivity index (χ0v) is 16.7. The first kappa shape index (κ1) is 20.5. The van der Waals surface area contributed by atoms with Crippen molar-refractivity contribution in [3.05, 3.63) is 80.2 Å². The average Bonchev–Trinajstić information content (AvgIpc) is 2.71. The molecule has 1 amide bonds. The number of carbonyl (C=O) groups excluding carboxylic acids is 1. The van der Waals surface area contributed by atoms with E-state index < -0.39 is 11.7 Å². The number of halogens is 1. The van der Waals surface area contributed by atoms with Crippen LogP contribution in [0.2, 0.25) is 0 Å². The Morgan fingerprint density at radius 2 is 1.79 bits per heavy atom. The van der Waals surface area contributed by atoms with Gasteiger partial charge in [0.15, 0.2) is 0 Å². The molecular formula is C22H24FN3O3. The van der Waals surface area contributed by atoms with Gasteiger partial charge in [-0.15, -0.1) is 0 Å². The van der Waals surface area contributed by atoms with Crippen molar-refractivity contribution < 1.29 is 9.18 Å². The van der Waals surface area contributed by atoms with Crippen LogP contribution in [0.15, 0.2) is 52.1 Å². The van der Waals surface area contributed by atoms with E-state index in [9.17, 15) is 18.8 Å². The van der Waals surface area contributed by atoms with E-state index in [0.29, 0.717) is 17.3 Å². The quantitative estimate of drug-likeness (QED) is 0.695. The Morgan fingerprint density at radius 3 is 2.41 bits per heavy atom. The van der Waals surface area contributed by atoms with Gasteiger partial charge < -0.3 is 5.32 Å². The van der Waals surface area contributed by atoms with Gasteiger partial charge in [0.2, 0.25) is 5.91 Å². The van der Waals surface area contributed by atoms with Gasteiger partial charge in [-0.3, -0.25) is 18.7 Å². The molecule has 0 spiro atoms.